The number of amides is 2. The van der Waals surface area contributed by atoms with E-state index in [0.29, 0.717) is 6.54 Å². The minimum absolute atomic E-state index is 0.0109. The molecule has 1 aliphatic heterocycles. The van der Waals surface area contributed by atoms with Crippen LogP contribution in [0.25, 0.3) is 0 Å². The van der Waals surface area contributed by atoms with E-state index in [2.05, 4.69) is 6.92 Å². The molecule has 2 amide bonds. The van der Waals surface area contributed by atoms with Gasteiger partial charge in [-0.05, 0) is 31.9 Å². The van der Waals surface area contributed by atoms with E-state index in [4.69, 9.17) is 5.73 Å². The van der Waals surface area contributed by atoms with E-state index in [1.54, 1.807) is 11.8 Å². The molecule has 1 rings (SSSR count). The first-order valence-electron chi connectivity index (χ1n) is 6.76. The molecule has 2 N–H and O–H groups in total. The summed E-state index contributed by atoms with van der Waals surface area (Å²) < 4.78 is 0. The quantitative estimate of drug-likeness (QED) is 0.748. The molecule has 104 valence electrons. The predicted molar refractivity (Wildman–Crippen MR) is 75.3 cm³/mol. The first kappa shape index (κ1) is 15.3. The molecular formula is C13H24N2O2S. The van der Waals surface area contributed by atoms with Gasteiger partial charge >= 0.3 is 0 Å². The van der Waals surface area contributed by atoms with Crippen LogP contribution in [0.3, 0.4) is 0 Å². The van der Waals surface area contributed by atoms with Crippen LogP contribution in [0, 0.1) is 5.92 Å². The Hall–Kier alpha value is -0.710. The number of primary amides is 1. The summed E-state index contributed by atoms with van der Waals surface area (Å²) in [4.78, 5) is 25.2. The maximum atomic E-state index is 12.2. The van der Waals surface area contributed by atoms with E-state index < -0.39 is 0 Å². The maximum absolute atomic E-state index is 12.2. The van der Waals surface area contributed by atoms with Crippen molar-refractivity contribution in [3.05, 3.63) is 0 Å². The van der Waals surface area contributed by atoms with Gasteiger partial charge in [-0.2, -0.15) is 0 Å². The number of piperidine rings is 1. The van der Waals surface area contributed by atoms with Crippen molar-refractivity contribution >= 4 is 23.6 Å². The minimum atomic E-state index is -0.279. The van der Waals surface area contributed by atoms with Gasteiger partial charge < -0.3 is 10.6 Å². The minimum Gasteiger partial charge on any atom is -0.369 e. The van der Waals surface area contributed by atoms with Crippen molar-refractivity contribution in [2.45, 2.75) is 44.8 Å². The largest absolute Gasteiger partial charge is 0.369 e. The Labute approximate surface area is 114 Å². The fourth-order valence-electron chi connectivity index (χ4n) is 2.14. The van der Waals surface area contributed by atoms with Gasteiger partial charge in [-0.3, -0.25) is 9.59 Å². The molecule has 0 aromatic rings. The average molecular weight is 272 g/mol. The zero-order valence-corrected chi connectivity index (χ0v) is 12.2. The number of likely N-dealkylation sites (tertiary alicyclic amines) is 1. The number of unbranched alkanes of at least 4 members (excludes halogenated alkanes) is 1. The van der Waals surface area contributed by atoms with E-state index in [1.165, 1.54) is 0 Å². The topological polar surface area (TPSA) is 63.4 Å². The number of nitrogens with two attached hydrogens (primary N) is 1. The van der Waals surface area contributed by atoms with Crippen LogP contribution in [-0.2, 0) is 9.59 Å². The molecule has 4 nitrogen and oxygen atoms in total. The Balaban J connectivity index is 2.42. The third-order valence-electron chi connectivity index (χ3n) is 3.35. The fourth-order valence-corrected chi connectivity index (χ4v) is 3.24. The van der Waals surface area contributed by atoms with Gasteiger partial charge in [-0.15, -0.1) is 11.8 Å². The van der Waals surface area contributed by atoms with Crippen LogP contribution >= 0.6 is 11.8 Å². The number of carbonyl (C=O) groups excluding carboxylic acids is 2. The Morgan fingerprint density at radius 3 is 2.83 bits per heavy atom. The Bertz CT molecular complexity index is 297. The summed E-state index contributed by atoms with van der Waals surface area (Å²) in [6.45, 7) is 5.37. The highest BCUT2D eigenvalue weighted by atomic mass is 32.2. The van der Waals surface area contributed by atoms with Crippen LogP contribution in [0.5, 0.6) is 0 Å². The predicted octanol–water partition coefficient (Wildman–Crippen LogP) is 1.63. The van der Waals surface area contributed by atoms with Crippen molar-refractivity contribution in [3.8, 4) is 0 Å². The molecule has 0 aromatic heterocycles. The molecular weight excluding hydrogens is 248 g/mol. The van der Waals surface area contributed by atoms with Crippen molar-refractivity contribution < 1.29 is 9.59 Å². The van der Waals surface area contributed by atoms with E-state index in [-0.39, 0.29) is 23.0 Å². The molecule has 1 fully saturated rings. The van der Waals surface area contributed by atoms with Crippen LogP contribution in [0.4, 0.5) is 0 Å². The molecule has 0 bridgehead atoms. The number of carbonyl (C=O) groups is 2. The van der Waals surface area contributed by atoms with Crippen LogP contribution in [0.2, 0.25) is 0 Å². The van der Waals surface area contributed by atoms with E-state index in [9.17, 15) is 9.59 Å². The second-order valence-corrected chi connectivity index (χ2v) is 6.34. The lowest BCUT2D eigenvalue weighted by Gasteiger charge is -2.32. The highest BCUT2D eigenvalue weighted by Crippen LogP contribution is 2.21. The summed E-state index contributed by atoms with van der Waals surface area (Å²) in [5, 5.41) is -0.0109. The van der Waals surface area contributed by atoms with E-state index in [1.807, 2.05) is 11.8 Å². The number of rotatable bonds is 6. The standard InChI is InChI=1S/C13H24N2O2S/c1-3-4-8-18-10(2)13(17)15-7-5-6-11(9-15)12(14)16/h10-11H,3-9H2,1-2H3,(H2,14,16). The second kappa shape index (κ2) is 7.67. The molecule has 2 atom stereocenters. The van der Waals surface area contributed by atoms with Gasteiger partial charge in [0, 0.05) is 13.1 Å². The van der Waals surface area contributed by atoms with Crippen LogP contribution in [0.15, 0.2) is 0 Å². The highest BCUT2D eigenvalue weighted by Gasteiger charge is 2.29. The Kier molecular flexibility index (Phi) is 6.54. The maximum Gasteiger partial charge on any atom is 0.235 e. The van der Waals surface area contributed by atoms with Gasteiger partial charge in [0.15, 0.2) is 0 Å². The van der Waals surface area contributed by atoms with Crippen molar-refractivity contribution in [2.75, 3.05) is 18.8 Å². The highest BCUT2D eigenvalue weighted by molar-refractivity contribution is 8.00. The third-order valence-corrected chi connectivity index (χ3v) is 4.57. The van der Waals surface area contributed by atoms with Crippen LogP contribution in [-0.4, -0.2) is 40.8 Å². The number of nitrogens with zero attached hydrogens (tertiary/aromatic N) is 1. The molecule has 1 saturated heterocycles. The number of thioether (sulfide) groups is 1. The summed E-state index contributed by atoms with van der Waals surface area (Å²) in [5.41, 5.74) is 5.32. The third kappa shape index (κ3) is 4.52. The molecule has 0 saturated carbocycles. The molecule has 2 unspecified atom stereocenters. The molecule has 1 heterocycles. The molecule has 1 aliphatic rings. The number of hydrogen-bond donors (Lipinski definition) is 1. The van der Waals surface area contributed by atoms with Crippen LogP contribution in [0.1, 0.15) is 39.5 Å². The fraction of sp³-hybridized carbons (Fsp3) is 0.846. The lowest BCUT2D eigenvalue weighted by molar-refractivity contribution is -0.134. The lowest BCUT2D eigenvalue weighted by Crippen LogP contribution is -2.46. The first-order chi connectivity index (χ1) is 8.56. The summed E-state index contributed by atoms with van der Waals surface area (Å²) in [6.07, 6.45) is 4.00. The van der Waals surface area contributed by atoms with Gasteiger partial charge in [-0.1, -0.05) is 13.3 Å². The molecule has 0 aromatic carbocycles. The zero-order chi connectivity index (χ0) is 13.5. The summed E-state index contributed by atoms with van der Waals surface area (Å²) in [5.74, 6) is 0.743. The average Bonchev–Trinajstić information content (AvgIpc) is 2.38. The summed E-state index contributed by atoms with van der Waals surface area (Å²) >= 11 is 1.70. The van der Waals surface area contributed by atoms with Gasteiger partial charge in [-0.25, -0.2) is 0 Å². The van der Waals surface area contributed by atoms with Crippen molar-refractivity contribution in [3.63, 3.8) is 0 Å². The van der Waals surface area contributed by atoms with Crippen LogP contribution < -0.4 is 5.73 Å². The zero-order valence-electron chi connectivity index (χ0n) is 11.4. The summed E-state index contributed by atoms with van der Waals surface area (Å²) in [6, 6.07) is 0. The molecule has 0 aliphatic carbocycles. The number of hydrogen-bond acceptors (Lipinski definition) is 3. The van der Waals surface area contributed by atoms with Gasteiger partial charge in [0.1, 0.15) is 0 Å². The Morgan fingerprint density at radius 1 is 1.50 bits per heavy atom. The normalized spacial score (nSPS) is 21.7. The van der Waals surface area contributed by atoms with Crippen molar-refractivity contribution in [2.24, 2.45) is 11.7 Å². The van der Waals surface area contributed by atoms with E-state index >= 15 is 0 Å². The smallest absolute Gasteiger partial charge is 0.235 e. The van der Waals surface area contributed by atoms with Crippen molar-refractivity contribution in [1.82, 2.24) is 4.90 Å². The SMILES string of the molecule is CCCCSC(C)C(=O)N1CCCC(C(N)=O)C1. The Morgan fingerprint density at radius 2 is 2.22 bits per heavy atom. The monoisotopic (exact) mass is 272 g/mol. The second-order valence-electron chi connectivity index (χ2n) is 4.89. The molecule has 0 radical (unpaired) electrons. The van der Waals surface area contributed by atoms with E-state index in [0.717, 1.165) is 38.0 Å². The molecule has 18 heavy (non-hydrogen) atoms. The lowest BCUT2D eigenvalue weighted by atomic mass is 9.97. The van der Waals surface area contributed by atoms with Gasteiger partial charge in [0.2, 0.25) is 11.8 Å². The van der Waals surface area contributed by atoms with Gasteiger partial charge in [0.25, 0.3) is 0 Å². The first-order valence-corrected chi connectivity index (χ1v) is 7.80. The molecule has 0 spiro atoms. The van der Waals surface area contributed by atoms with Crippen molar-refractivity contribution in [1.29, 1.82) is 0 Å². The molecule has 5 heteroatoms. The van der Waals surface area contributed by atoms with Gasteiger partial charge in [0.05, 0.1) is 11.2 Å². The summed E-state index contributed by atoms with van der Waals surface area (Å²) in [7, 11) is 0.